The Bertz CT molecular complexity index is 186. The molecular formula is C9H13N. The maximum absolute atomic E-state index is 4.13. The molecule has 0 spiro atoms. The van der Waals surface area contributed by atoms with Crippen LogP contribution in [0, 0.1) is 0 Å². The zero-order valence-electron chi connectivity index (χ0n) is 6.59. The Hall–Kier alpha value is -0.850. The van der Waals surface area contributed by atoms with Gasteiger partial charge in [0.25, 0.3) is 0 Å². The van der Waals surface area contributed by atoms with Crippen LogP contribution in [0.1, 0.15) is 25.0 Å². The molecule has 0 atom stereocenters. The fourth-order valence-corrected chi connectivity index (χ4v) is 0.928. The molecule has 0 fully saturated rings. The van der Waals surface area contributed by atoms with Gasteiger partial charge in [-0.25, -0.2) is 0 Å². The van der Waals surface area contributed by atoms with Gasteiger partial charge in [0.1, 0.15) is 0 Å². The highest BCUT2D eigenvalue weighted by molar-refractivity contribution is 5.17. The lowest BCUT2D eigenvalue weighted by Crippen LogP contribution is -1.86. The molecule has 1 aromatic heterocycles. The number of nitrogens with zero attached hydrogens (tertiary/aromatic N) is 1. The van der Waals surface area contributed by atoms with Crippen LogP contribution < -0.4 is 0 Å². The van der Waals surface area contributed by atoms with Crippen molar-refractivity contribution in [1.29, 1.82) is 0 Å². The van der Waals surface area contributed by atoms with Gasteiger partial charge in [-0.1, -0.05) is 19.9 Å². The molecule has 0 unspecified atom stereocenters. The number of hydrogen-bond acceptors (Lipinski definition) is 1. The molecule has 0 saturated heterocycles. The minimum atomic E-state index is 1.08. The third-order valence-electron chi connectivity index (χ3n) is 1.67. The van der Waals surface area contributed by atoms with Gasteiger partial charge in [0.2, 0.25) is 0 Å². The van der Waals surface area contributed by atoms with E-state index in [1.165, 1.54) is 11.1 Å². The van der Waals surface area contributed by atoms with Crippen LogP contribution in [0.15, 0.2) is 18.5 Å². The molecule has 1 rings (SSSR count). The van der Waals surface area contributed by atoms with Crippen molar-refractivity contribution in [3.05, 3.63) is 29.6 Å². The molecule has 0 saturated carbocycles. The van der Waals surface area contributed by atoms with Gasteiger partial charge in [0, 0.05) is 12.4 Å². The summed E-state index contributed by atoms with van der Waals surface area (Å²) in [6, 6.07) is 2.22. The zero-order valence-corrected chi connectivity index (χ0v) is 6.59. The minimum absolute atomic E-state index is 1.08. The Morgan fingerprint density at radius 2 is 1.60 bits per heavy atom. The number of pyridine rings is 1. The fourth-order valence-electron chi connectivity index (χ4n) is 0.928. The van der Waals surface area contributed by atoms with E-state index in [9.17, 15) is 0 Å². The lowest BCUT2D eigenvalue weighted by Gasteiger charge is -1.97. The molecule has 10 heavy (non-hydrogen) atoms. The predicted molar refractivity (Wildman–Crippen MR) is 43.0 cm³/mol. The van der Waals surface area contributed by atoms with Crippen molar-refractivity contribution >= 4 is 0 Å². The number of aryl methyl sites for hydroxylation is 2. The first-order chi connectivity index (χ1) is 4.86. The number of aromatic nitrogens is 1. The van der Waals surface area contributed by atoms with E-state index in [0.717, 1.165) is 12.8 Å². The average molecular weight is 135 g/mol. The third-order valence-corrected chi connectivity index (χ3v) is 1.67. The molecule has 0 amide bonds. The molecule has 0 N–H and O–H groups in total. The minimum Gasteiger partial charge on any atom is -0.264 e. The largest absolute Gasteiger partial charge is 0.264 e. The third kappa shape index (κ3) is 1.56. The van der Waals surface area contributed by atoms with E-state index in [4.69, 9.17) is 0 Å². The summed E-state index contributed by atoms with van der Waals surface area (Å²) in [5.74, 6) is 0. The molecule has 0 radical (unpaired) electrons. The smallest absolute Gasteiger partial charge is 0.0299 e. The molecule has 0 aliphatic carbocycles. The van der Waals surface area contributed by atoms with Crippen LogP contribution in [0.4, 0.5) is 0 Å². The summed E-state index contributed by atoms with van der Waals surface area (Å²) >= 11 is 0. The maximum Gasteiger partial charge on any atom is 0.0299 e. The molecule has 0 aromatic carbocycles. The van der Waals surface area contributed by atoms with Gasteiger partial charge in [-0.3, -0.25) is 4.98 Å². The Kier molecular flexibility index (Phi) is 2.43. The highest BCUT2D eigenvalue weighted by Crippen LogP contribution is 2.02. The summed E-state index contributed by atoms with van der Waals surface area (Å²) in [6.07, 6.45) is 6.03. The van der Waals surface area contributed by atoms with Crippen molar-refractivity contribution in [1.82, 2.24) is 4.98 Å². The van der Waals surface area contributed by atoms with Crippen LogP contribution in [0.2, 0.25) is 0 Å². The van der Waals surface area contributed by atoms with Crippen molar-refractivity contribution in [2.45, 2.75) is 26.7 Å². The summed E-state index contributed by atoms with van der Waals surface area (Å²) in [5, 5.41) is 0. The molecule has 1 heterocycles. The summed E-state index contributed by atoms with van der Waals surface area (Å²) in [5.41, 5.74) is 2.67. The highest BCUT2D eigenvalue weighted by atomic mass is 14.6. The molecule has 0 aliphatic heterocycles. The first-order valence-electron chi connectivity index (χ1n) is 3.79. The van der Waals surface area contributed by atoms with E-state index in [-0.39, 0.29) is 0 Å². The van der Waals surface area contributed by atoms with Crippen molar-refractivity contribution in [3.8, 4) is 0 Å². The molecular weight excluding hydrogens is 122 g/mol. The van der Waals surface area contributed by atoms with Crippen LogP contribution in [-0.2, 0) is 12.8 Å². The van der Waals surface area contributed by atoms with Gasteiger partial charge >= 0.3 is 0 Å². The molecule has 1 aromatic rings. The standard InChI is InChI=1S/C9H13N/c1-3-8-5-9(4-2)7-10-6-8/h5-7H,3-4H2,1-2H3. The van der Waals surface area contributed by atoms with Gasteiger partial charge in [-0.2, -0.15) is 0 Å². The van der Waals surface area contributed by atoms with E-state index in [2.05, 4.69) is 24.9 Å². The lowest BCUT2D eigenvalue weighted by molar-refractivity contribution is 1.04. The topological polar surface area (TPSA) is 12.9 Å². The van der Waals surface area contributed by atoms with Crippen LogP contribution >= 0.6 is 0 Å². The Morgan fingerprint density at radius 1 is 1.10 bits per heavy atom. The van der Waals surface area contributed by atoms with E-state index in [1.54, 1.807) is 0 Å². The van der Waals surface area contributed by atoms with E-state index in [1.807, 2.05) is 12.4 Å². The average Bonchev–Trinajstić information content (AvgIpc) is 2.05. The van der Waals surface area contributed by atoms with Crippen molar-refractivity contribution in [2.24, 2.45) is 0 Å². The normalized spacial score (nSPS) is 9.80. The SMILES string of the molecule is CCc1cncc(CC)c1. The Morgan fingerprint density at radius 3 is 2.00 bits per heavy atom. The molecule has 0 bridgehead atoms. The second-order valence-electron chi connectivity index (χ2n) is 2.41. The van der Waals surface area contributed by atoms with E-state index in [0.29, 0.717) is 0 Å². The van der Waals surface area contributed by atoms with Crippen LogP contribution in [-0.4, -0.2) is 4.98 Å². The van der Waals surface area contributed by atoms with Crippen molar-refractivity contribution < 1.29 is 0 Å². The van der Waals surface area contributed by atoms with Crippen LogP contribution in [0.5, 0.6) is 0 Å². The maximum atomic E-state index is 4.13. The molecule has 1 heteroatoms. The van der Waals surface area contributed by atoms with Gasteiger partial charge in [-0.15, -0.1) is 0 Å². The van der Waals surface area contributed by atoms with Gasteiger partial charge in [0.05, 0.1) is 0 Å². The van der Waals surface area contributed by atoms with Gasteiger partial charge < -0.3 is 0 Å². The monoisotopic (exact) mass is 135 g/mol. The lowest BCUT2D eigenvalue weighted by atomic mass is 10.1. The highest BCUT2D eigenvalue weighted by Gasteiger charge is 1.90. The predicted octanol–water partition coefficient (Wildman–Crippen LogP) is 2.21. The van der Waals surface area contributed by atoms with Gasteiger partial charge in [0.15, 0.2) is 0 Å². The van der Waals surface area contributed by atoms with E-state index >= 15 is 0 Å². The van der Waals surface area contributed by atoms with Crippen molar-refractivity contribution in [3.63, 3.8) is 0 Å². The Labute approximate surface area is 62.1 Å². The van der Waals surface area contributed by atoms with E-state index < -0.39 is 0 Å². The summed E-state index contributed by atoms with van der Waals surface area (Å²) < 4.78 is 0. The first kappa shape index (κ1) is 7.26. The summed E-state index contributed by atoms with van der Waals surface area (Å²) in [6.45, 7) is 4.30. The summed E-state index contributed by atoms with van der Waals surface area (Å²) in [7, 11) is 0. The molecule has 0 aliphatic rings. The van der Waals surface area contributed by atoms with Crippen LogP contribution in [0.25, 0.3) is 0 Å². The summed E-state index contributed by atoms with van der Waals surface area (Å²) in [4.78, 5) is 4.13. The second kappa shape index (κ2) is 3.35. The van der Waals surface area contributed by atoms with Gasteiger partial charge in [-0.05, 0) is 24.0 Å². The second-order valence-corrected chi connectivity index (χ2v) is 2.41. The van der Waals surface area contributed by atoms with Crippen LogP contribution in [0.3, 0.4) is 0 Å². The fraction of sp³-hybridized carbons (Fsp3) is 0.444. The number of rotatable bonds is 2. The quantitative estimate of drug-likeness (QED) is 0.605. The first-order valence-corrected chi connectivity index (χ1v) is 3.79. The number of hydrogen-bond donors (Lipinski definition) is 0. The molecule has 54 valence electrons. The zero-order chi connectivity index (χ0) is 7.40. The van der Waals surface area contributed by atoms with Crippen molar-refractivity contribution in [2.75, 3.05) is 0 Å². The Balaban J connectivity index is 2.87. The molecule has 1 nitrogen and oxygen atoms in total.